The van der Waals surface area contributed by atoms with Gasteiger partial charge in [0.2, 0.25) is 0 Å². The monoisotopic (exact) mass is 289 g/mol. The number of benzene rings is 1. The molecule has 1 aromatic heterocycles. The van der Waals surface area contributed by atoms with Crippen LogP contribution < -0.4 is 11.1 Å². The maximum Gasteiger partial charge on any atom is 0.267 e. The second-order valence-electron chi connectivity index (χ2n) is 4.21. The highest BCUT2D eigenvalue weighted by Crippen LogP contribution is 2.20. The van der Waals surface area contributed by atoms with Crippen molar-refractivity contribution in [2.24, 2.45) is 5.73 Å². The predicted octanol–water partition coefficient (Wildman–Crippen LogP) is 2.39. The maximum atomic E-state index is 12.0. The van der Waals surface area contributed by atoms with E-state index >= 15 is 0 Å². The molecule has 0 bridgehead atoms. The van der Waals surface area contributed by atoms with Gasteiger partial charge < -0.3 is 11.1 Å². The molecular formula is C14H12ClN3O2. The predicted molar refractivity (Wildman–Crippen MR) is 76.9 cm³/mol. The van der Waals surface area contributed by atoms with Gasteiger partial charge in [-0.1, -0.05) is 17.7 Å². The minimum atomic E-state index is -0.636. The van der Waals surface area contributed by atoms with Crippen molar-refractivity contribution < 1.29 is 9.59 Å². The second-order valence-corrected chi connectivity index (χ2v) is 4.65. The molecule has 0 aliphatic carbocycles. The Morgan fingerprint density at radius 1 is 1.25 bits per heavy atom. The molecule has 20 heavy (non-hydrogen) atoms. The summed E-state index contributed by atoms with van der Waals surface area (Å²) in [5.41, 5.74) is 7.04. The van der Waals surface area contributed by atoms with Gasteiger partial charge in [0.25, 0.3) is 11.8 Å². The number of aryl methyl sites for hydroxylation is 1. The molecule has 2 aromatic rings. The molecule has 102 valence electrons. The van der Waals surface area contributed by atoms with E-state index in [4.69, 9.17) is 17.3 Å². The molecule has 2 amide bonds. The van der Waals surface area contributed by atoms with Crippen molar-refractivity contribution in [2.75, 3.05) is 5.32 Å². The van der Waals surface area contributed by atoms with Crippen LogP contribution in [0, 0.1) is 6.92 Å². The van der Waals surface area contributed by atoms with Gasteiger partial charge >= 0.3 is 0 Å². The minimum absolute atomic E-state index is 0.112. The fraction of sp³-hybridized carbons (Fsp3) is 0.0714. The van der Waals surface area contributed by atoms with Crippen LogP contribution in [0.1, 0.15) is 26.4 Å². The van der Waals surface area contributed by atoms with Crippen LogP contribution in [0.25, 0.3) is 0 Å². The van der Waals surface area contributed by atoms with Crippen LogP contribution >= 0.6 is 11.6 Å². The van der Waals surface area contributed by atoms with Crippen LogP contribution in [0.2, 0.25) is 5.02 Å². The van der Waals surface area contributed by atoms with Crippen LogP contribution in [0.4, 0.5) is 5.69 Å². The molecule has 0 saturated heterocycles. The standard InChI is InChI=1S/C14H12ClN3O2/c1-8-2-4-10(15)6-12(8)18-14(20)9-3-5-11(13(16)19)17-7-9/h2-7H,1H3,(H2,16,19)(H,18,20). The van der Waals surface area contributed by atoms with Gasteiger partial charge in [-0.05, 0) is 36.8 Å². The number of amides is 2. The number of carbonyl (C=O) groups is 2. The summed E-state index contributed by atoms with van der Waals surface area (Å²) in [5, 5.41) is 3.27. The van der Waals surface area contributed by atoms with Gasteiger partial charge in [0.1, 0.15) is 5.69 Å². The zero-order valence-corrected chi connectivity index (χ0v) is 11.4. The Hall–Kier alpha value is -2.40. The molecule has 5 nitrogen and oxygen atoms in total. The highest BCUT2D eigenvalue weighted by Gasteiger charge is 2.10. The van der Waals surface area contributed by atoms with E-state index in [0.717, 1.165) is 5.56 Å². The first-order valence-corrected chi connectivity index (χ1v) is 6.18. The Kier molecular flexibility index (Phi) is 4.00. The van der Waals surface area contributed by atoms with Gasteiger partial charge in [0.15, 0.2) is 0 Å². The summed E-state index contributed by atoms with van der Waals surface area (Å²) in [6.45, 7) is 1.86. The Morgan fingerprint density at radius 3 is 2.60 bits per heavy atom. The molecule has 2 rings (SSSR count). The largest absolute Gasteiger partial charge is 0.364 e. The lowest BCUT2D eigenvalue weighted by atomic mass is 10.2. The summed E-state index contributed by atoms with van der Waals surface area (Å²) in [4.78, 5) is 26.8. The number of hydrogen-bond acceptors (Lipinski definition) is 3. The number of carbonyl (C=O) groups excluding carboxylic acids is 2. The number of pyridine rings is 1. The van der Waals surface area contributed by atoms with Crippen LogP contribution in [-0.4, -0.2) is 16.8 Å². The highest BCUT2D eigenvalue weighted by molar-refractivity contribution is 6.31. The summed E-state index contributed by atoms with van der Waals surface area (Å²) < 4.78 is 0. The van der Waals surface area contributed by atoms with Crippen molar-refractivity contribution in [3.8, 4) is 0 Å². The molecule has 0 radical (unpaired) electrons. The first-order chi connectivity index (χ1) is 9.47. The normalized spacial score (nSPS) is 10.1. The molecule has 0 aliphatic rings. The van der Waals surface area contributed by atoms with E-state index in [2.05, 4.69) is 10.3 Å². The molecule has 1 aromatic carbocycles. The molecular weight excluding hydrogens is 278 g/mol. The number of anilines is 1. The molecule has 1 heterocycles. The van der Waals surface area contributed by atoms with E-state index in [0.29, 0.717) is 16.3 Å². The topological polar surface area (TPSA) is 85.1 Å². The number of halogens is 1. The van der Waals surface area contributed by atoms with Crippen molar-refractivity contribution in [3.05, 3.63) is 58.4 Å². The third-order valence-electron chi connectivity index (χ3n) is 2.73. The molecule has 0 spiro atoms. The molecule has 0 atom stereocenters. The van der Waals surface area contributed by atoms with Gasteiger partial charge in [-0.25, -0.2) is 0 Å². The van der Waals surface area contributed by atoms with E-state index in [1.54, 1.807) is 12.1 Å². The third-order valence-corrected chi connectivity index (χ3v) is 2.96. The average Bonchev–Trinajstić information content (AvgIpc) is 2.43. The average molecular weight is 290 g/mol. The van der Waals surface area contributed by atoms with E-state index in [9.17, 15) is 9.59 Å². The second kappa shape index (κ2) is 5.71. The summed E-state index contributed by atoms with van der Waals surface area (Å²) >= 11 is 5.89. The SMILES string of the molecule is Cc1ccc(Cl)cc1NC(=O)c1ccc(C(N)=O)nc1. The summed E-state index contributed by atoms with van der Waals surface area (Å²) in [7, 11) is 0. The molecule has 6 heteroatoms. The van der Waals surface area contributed by atoms with Gasteiger partial charge in [-0.15, -0.1) is 0 Å². The fourth-order valence-corrected chi connectivity index (χ4v) is 1.77. The van der Waals surface area contributed by atoms with Crippen LogP contribution in [0.3, 0.4) is 0 Å². The molecule has 0 aliphatic heterocycles. The van der Waals surface area contributed by atoms with Gasteiger partial charge in [0, 0.05) is 16.9 Å². The zero-order chi connectivity index (χ0) is 14.7. The molecule has 0 fully saturated rings. The zero-order valence-electron chi connectivity index (χ0n) is 10.7. The number of hydrogen-bond donors (Lipinski definition) is 2. The lowest BCUT2D eigenvalue weighted by Crippen LogP contribution is -2.16. The van der Waals surface area contributed by atoms with E-state index in [1.807, 2.05) is 13.0 Å². The van der Waals surface area contributed by atoms with Gasteiger partial charge in [-0.3, -0.25) is 14.6 Å². The Labute approximate surface area is 120 Å². The Balaban J connectivity index is 2.19. The van der Waals surface area contributed by atoms with Gasteiger partial charge in [0.05, 0.1) is 5.56 Å². The smallest absolute Gasteiger partial charge is 0.267 e. The first-order valence-electron chi connectivity index (χ1n) is 5.81. The third kappa shape index (κ3) is 3.13. The molecule has 0 saturated carbocycles. The fourth-order valence-electron chi connectivity index (χ4n) is 1.60. The van der Waals surface area contributed by atoms with E-state index < -0.39 is 5.91 Å². The summed E-state index contributed by atoms with van der Waals surface area (Å²) in [6, 6.07) is 8.12. The lowest BCUT2D eigenvalue weighted by Gasteiger charge is -2.08. The first kappa shape index (κ1) is 14.0. The quantitative estimate of drug-likeness (QED) is 0.910. The maximum absolute atomic E-state index is 12.0. The van der Waals surface area contributed by atoms with E-state index in [1.165, 1.54) is 18.3 Å². The van der Waals surface area contributed by atoms with Crippen molar-refractivity contribution in [2.45, 2.75) is 6.92 Å². The summed E-state index contributed by atoms with van der Waals surface area (Å²) in [6.07, 6.45) is 1.30. The Bertz CT molecular complexity index is 669. The number of rotatable bonds is 3. The molecule has 0 unspecified atom stereocenters. The van der Waals surface area contributed by atoms with Crippen LogP contribution in [0.5, 0.6) is 0 Å². The van der Waals surface area contributed by atoms with Crippen LogP contribution in [-0.2, 0) is 0 Å². The summed E-state index contributed by atoms with van der Waals surface area (Å²) in [5.74, 6) is -0.971. The number of primary amides is 1. The van der Waals surface area contributed by atoms with Crippen molar-refractivity contribution >= 4 is 29.1 Å². The minimum Gasteiger partial charge on any atom is -0.364 e. The highest BCUT2D eigenvalue weighted by atomic mass is 35.5. The lowest BCUT2D eigenvalue weighted by molar-refractivity contribution is 0.0990. The molecule has 3 N–H and O–H groups in total. The number of nitrogens with one attached hydrogen (secondary N) is 1. The van der Waals surface area contributed by atoms with Crippen LogP contribution in [0.15, 0.2) is 36.5 Å². The van der Waals surface area contributed by atoms with Gasteiger partial charge in [-0.2, -0.15) is 0 Å². The number of nitrogens with zero attached hydrogens (tertiary/aromatic N) is 1. The number of aromatic nitrogens is 1. The van der Waals surface area contributed by atoms with Crippen molar-refractivity contribution in [3.63, 3.8) is 0 Å². The Morgan fingerprint density at radius 2 is 2.00 bits per heavy atom. The van der Waals surface area contributed by atoms with Crippen molar-refractivity contribution in [1.29, 1.82) is 0 Å². The van der Waals surface area contributed by atoms with E-state index in [-0.39, 0.29) is 11.6 Å². The number of nitrogens with two attached hydrogens (primary N) is 1. The van der Waals surface area contributed by atoms with Crippen molar-refractivity contribution in [1.82, 2.24) is 4.98 Å².